The van der Waals surface area contributed by atoms with Crippen LogP contribution in [0.4, 0.5) is 0 Å². The zero-order chi connectivity index (χ0) is 0. The predicted octanol–water partition coefficient (Wildman–Crippen LogP) is -1.35. The summed E-state index contributed by atoms with van der Waals surface area (Å²) in [5.74, 6) is 0. The topological polar surface area (TPSA) is 0 Å². The van der Waals surface area contributed by atoms with Gasteiger partial charge in [0.25, 0.3) is 0 Å². The number of rotatable bonds is 0. The summed E-state index contributed by atoms with van der Waals surface area (Å²) >= 11 is 0. The molecule has 29 valence electrons. The second-order valence-corrected chi connectivity index (χ2v) is 0. The molecule has 0 N–H and O–H groups in total. The van der Waals surface area contributed by atoms with E-state index < -0.39 is 0 Å². The largest absolute Gasteiger partial charge is 2.00 e. The van der Waals surface area contributed by atoms with Crippen molar-refractivity contribution in [2.24, 2.45) is 0 Å². The Morgan fingerprint density at radius 3 is 1.20 bits per heavy atom. The minimum atomic E-state index is 0. The molecule has 0 rings (SSSR count). The third-order valence-electron chi connectivity index (χ3n) is 0. The van der Waals surface area contributed by atoms with Crippen LogP contribution in [0, 0.1) is 0 Å². The number of hydrogen-bond donors (Lipinski definition) is 0. The van der Waals surface area contributed by atoms with Crippen molar-refractivity contribution >= 4 is 55.1 Å². The molecule has 0 aromatic carbocycles. The SMILES string of the molecule is [AlH3].[Ca+2].[Fe].[H-].[H-].[Mn].[Zr]. The van der Waals surface area contributed by atoms with Gasteiger partial charge >= 0.3 is 37.7 Å². The molecule has 0 unspecified atom stereocenters. The van der Waals surface area contributed by atoms with E-state index in [0.29, 0.717) is 0 Å². The summed E-state index contributed by atoms with van der Waals surface area (Å²) in [6.45, 7) is 0. The van der Waals surface area contributed by atoms with Crippen LogP contribution in [0.15, 0.2) is 0 Å². The molecule has 1 radical (unpaired) electrons. The third kappa shape index (κ3) is 18.3. The molecule has 0 aliphatic carbocycles. The summed E-state index contributed by atoms with van der Waals surface area (Å²) in [4.78, 5) is 0. The first-order valence-electron chi connectivity index (χ1n) is 0. The van der Waals surface area contributed by atoms with Crippen LogP contribution in [-0.4, -0.2) is 55.1 Å². The van der Waals surface area contributed by atoms with E-state index in [2.05, 4.69) is 0 Å². The van der Waals surface area contributed by atoms with E-state index in [1.807, 2.05) is 0 Å². The molecule has 5 heteroatoms. The van der Waals surface area contributed by atoms with E-state index >= 15 is 0 Å². The molecular weight excluding hydrogens is 269 g/mol. The maximum absolute atomic E-state index is 0. The van der Waals surface area contributed by atoms with Gasteiger partial charge in [-0.2, -0.15) is 0 Å². The van der Waals surface area contributed by atoms with Gasteiger partial charge < -0.3 is 2.85 Å². The van der Waals surface area contributed by atoms with Crippen molar-refractivity contribution in [3.05, 3.63) is 0 Å². The molecule has 0 aliphatic rings. The smallest absolute Gasteiger partial charge is 1.00 e. The second-order valence-electron chi connectivity index (χ2n) is 0. The van der Waals surface area contributed by atoms with Gasteiger partial charge in [-0.05, 0) is 0 Å². The fraction of sp³-hybridized carbons (Fsp3) is 0. The van der Waals surface area contributed by atoms with Gasteiger partial charge in [-0.1, -0.05) is 0 Å². The number of hydrogen-bond acceptors (Lipinski definition) is 0. The maximum Gasteiger partial charge on any atom is 2.00 e. The molecule has 0 saturated carbocycles. The summed E-state index contributed by atoms with van der Waals surface area (Å²) in [6.07, 6.45) is 0. The summed E-state index contributed by atoms with van der Waals surface area (Å²) in [5, 5.41) is 0. The van der Waals surface area contributed by atoms with Gasteiger partial charge in [0.15, 0.2) is 17.4 Å². The molecule has 5 heavy (non-hydrogen) atoms. The maximum atomic E-state index is 0. The third-order valence-corrected chi connectivity index (χ3v) is 0. The van der Waals surface area contributed by atoms with Crippen LogP contribution in [0.1, 0.15) is 2.85 Å². The fourth-order valence-electron chi connectivity index (χ4n) is 0. The standard InChI is InChI=1S/Al.Ca.Fe.Mn.Zr.5H/q;+2;;;;;;;2*-1. The molecule has 0 nitrogen and oxygen atoms in total. The van der Waals surface area contributed by atoms with E-state index in [1.165, 1.54) is 0 Å². The Kier molecular flexibility index (Phi) is 190. The molecule has 0 spiro atoms. The summed E-state index contributed by atoms with van der Waals surface area (Å²) in [6, 6.07) is 0. The summed E-state index contributed by atoms with van der Waals surface area (Å²) in [7, 11) is 0. The average Bonchev–Trinajstić information content (AvgIpc) is 0. The van der Waals surface area contributed by atoms with E-state index in [4.69, 9.17) is 0 Å². The fourth-order valence-corrected chi connectivity index (χ4v) is 0. The molecule has 0 aromatic rings. The summed E-state index contributed by atoms with van der Waals surface area (Å²) < 4.78 is 0. The monoisotopic (exact) mass is 273 g/mol. The summed E-state index contributed by atoms with van der Waals surface area (Å²) in [5.41, 5.74) is 0. The van der Waals surface area contributed by atoms with Gasteiger partial charge in [0.05, 0.1) is 0 Å². The second kappa shape index (κ2) is 25.2. The molecule has 0 amide bonds. The van der Waals surface area contributed by atoms with E-state index in [1.54, 1.807) is 0 Å². The van der Waals surface area contributed by atoms with Crippen molar-refractivity contribution in [3.8, 4) is 0 Å². The van der Waals surface area contributed by atoms with Crippen molar-refractivity contribution in [2.45, 2.75) is 0 Å². The Balaban J connectivity index is 0. The van der Waals surface area contributed by atoms with Crippen LogP contribution >= 0.6 is 0 Å². The molecule has 0 aliphatic heterocycles. The van der Waals surface area contributed by atoms with Crippen LogP contribution in [0.3, 0.4) is 0 Å². The Hall–Kier alpha value is 3.71. The van der Waals surface area contributed by atoms with Gasteiger partial charge in [-0.25, -0.2) is 0 Å². The Bertz CT molecular complexity index is 17.7. The molecular formula is H5AlCaFeMnZr. The van der Waals surface area contributed by atoms with Crippen LogP contribution in [0.25, 0.3) is 0 Å². The Labute approximate surface area is 116 Å². The van der Waals surface area contributed by atoms with Crippen molar-refractivity contribution in [1.29, 1.82) is 0 Å². The zero-order valence-corrected chi connectivity index (χ0v) is 8.89. The molecule has 0 heterocycles. The van der Waals surface area contributed by atoms with E-state index in [0.717, 1.165) is 0 Å². The Morgan fingerprint density at radius 2 is 1.20 bits per heavy atom. The van der Waals surface area contributed by atoms with Crippen molar-refractivity contribution in [3.63, 3.8) is 0 Å². The predicted molar refractivity (Wildman–Crippen MR) is 17.9 cm³/mol. The minimum Gasteiger partial charge on any atom is -1.00 e. The average molecular weight is 274 g/mol. The van der Waals surface area contributed by atoms with Crippen LogP contribution < -0.4 is 0 Å². The molecule has 0 atom stereocenters. The normalized spacial score (nSPS) is 0. The first kappa shape index (κ1) is 37.6. The van der Waals surface area contributed by atoms with Crippen LogP contribution in [0.2, 0.25) is 0 Å². The Morgan fingerprint density at radius 1 is 1.20 bits per heavy atom. The van der Waals surface area contributed by atoms with Crippen molar-refractivity contribution < 1.29 is 63.2 Å². The molecule has 0 saturated heterocycles. The van der Waals surface area contributed by atoms with Crippen molar-refractivity contribution in [2.75, 3.05) is 0 Å². The van der Waals surface area contributed by atoms with E-state index in [9.17, 15) is 0 Å². The molecule has 0 aromatic heterocycles. The van der Waals surface area contributed by atoms with Gasteiger partial charge in [-0.3, -0.25) is 0 Å². The van der Waals surface area contributed by atoms with Crippen LogP contribution in [-0.2, 0) is 60.3 Å². The zero-order valence-electron chi connectivity index (χ0n) is 3.94. The molecule has 0 bridgehead atoms. The van der Waals surface area contributed by atoms with Gasteiger partial charge in [0.2, 0.25) is 0 Å². The van der Waals surface area contributed by atoms with E-state index in [-0.39, 0.29) is 118 Å². The first-order chi connectivity index (χ1) is 0. The van der Waals surface area contributed by atoms with Gasteiger partial charge in [0.1, 0.15) is 0 Å². The van der Waals surface area contributed by atoms with Gasteiger partial charge in [0, 0.05) is 60.3 Å². The minimum absolute atomic E-state index is 0. The first-order valence-corrected chi connectivity index (χ1v) is 0. The quantitative estimate of drug-likeness (QED) is 0.479. The van der Waals surface area contributed by atoms with Crippen LogP contribution in [0.5, 0.6) is 0 Å². The van der Waals surface area contributed by atoms with Gasteiger partial charge in [-0.15, -0.1) is 0 Å². The molecule has 0 fully saturated rings. The van der Waals surface area contributed by atoms with Crippen molar-refractivity contribution in [1.82, 2.24) is 0 Å².